The van der Waals surface area contributed by atoms with Crippen molar-refractivity contribution in [2.24, 2.45) is 5.92 Å². The summed E-state index contributed by atoms with van der Waals surface area (Å²) in [5, 5.41) is 25.9. The average Bonchev–Trinajstić information content (AvgIpc) is 3.36. The standard InChI is InChI=1S/C28H34N2O3S/c1-5-27-17-26(4,31)28(32,25-30-11-12-34-25)15-21(27)13-18(2)23-14-22(8-9-24(23)27)33-16-20-7-6-10-29-19(20)3/h6-12,14,18,21,31-32H,5,13,15-17H2,1-4H3/t18?,21-,26?,27?,28?/m1/s1. The fraction of sp³-hybridized carbons (Fsp3) is 0.500. The zero-order valence-electron chi connectivity index (χ0n) is 20.4. The first kappa shape index (κ1) is 23.5. The molecule has 2 heterocycles. The summed E-state index contributed by atoms with van der Waals surface area (Å²) in [5.41, 5.74) is 1.88. The molecule has 0 bridgehead atoms. The van der Waals surface area contributed by atoms with Gasteiger partial charge in [-0.05, 0) is 80.7 Å². The molecule has 34 heavy (non-hydrogen) atoms. The SMILES string of the molecule is CCC12CC(C)(O)C(O)(c3nccs3)C[C@H]1CC(C)c1cc(OCc3cccnc3C)ccc12. The molecule has 2 aliphatic rings. The van der Waals surface area contributed by atoms with E-state index in [0.717, 1.165) is 29.8 Å². The minimum absolute atomic E-state index is 0.187. The molecule has 5 nitrogen and oxygen atoms in total. The van der Waals surface area contributed by atoms with Gasteiger partial charge in [0.25, 0.3) is 0 Å². The lowest BCUT2D eigenvalue weighted by Crippen LogP contribution is -2.62. The van der Waals surface area contributed by atoms with E-state index in [-0.39, 0.29) is 11.3 Å². The first-order valence-corrected chi connectivity index (χ1v) is 13.1. The Bertz CT molecular complexity index is 1180. The predicted molar refractivity (Wildman–Crippen MR) is 134 cm³/mol. The predicted octanol–water partition coefficient (Wildman–Crippen LogP) is 5.63. The minimum atomic E-state index is -1.33. The maximum absolute atomic E-state index is 11.8. The van der Waals surface area contributed by atoms with Crippen molar-refractivity contribution in [3.05, 3.63) is 75.5 Å². The van der Waals surface area contributed by atoms with Crippen LogP contribution in [0, 0.1) is 12.8 Å². The van der Waals surface area contributed by atoms with Crippen LogP contribution in [-0.2, 0) is 17.6 Å². The van der Waals surface area contributed by atoms with Gasteiger partial charge in [-0.25, -0.2) is 4.98 Å². The second-order valence-electron chi connectivity index (χ2n) is 10.5. The van der Waals surface area contributed by atoms with Gasteiger partial charge in [0.05, 0.1) is 5.60 Å². The van der Waals surface area contributed by atoms with Crippen molar-refractivity contribution in [1.29, 1.82) is 0 Å². The average molecular weight is 479 g/mol. The van der Waals surface area contributed by atoms with E-state index < -0.39 is 11.2 Å². The van der Waals surface area contributed by atoms with Crippen LogP contribution in [-0.4, -0.2) is 25.8 Å². The molecular weight excluding hydrogens is 444 g/mol. The van der Waals surface area contributed by atoms with Gasteiger partial charge >= 0.3 is 0 Å². The molecular formula is C28H34N2O3S. The van der Waals surface area contributed by atoms with Crippen molar-refractivity contribution in [3.63, 3.8) is 0 Å². The van der Waals surface area contributed by atoms with Gasteiger partial charge in [-0.3, -0.25) is 4.98 Å². The number of fused-ring (bicyclic) bond motifs is 3. The molecule has 0 aliphatic heterocycles. The van der Waals surface area contributed by atoms with E-state index in [1.54, 1.807) is 19.3 Å². The van der Waals surface area contributed by atoms with Crippen LogP contribution in [0.15, 0.2) is 48.1 Å². The third-order valence-corrected chi connectivity index (χ3v) is 9.45. The summed E-state index contributed by atoms with van der Waals surface area (Å²) in [6.45, 7) is 8.76. The molecule has 0 amide bonds. The Balaban J connectivity index is 1.49. The van der Waals surface area contributed by atoms with Gasteiger partial charge in [0.15, 0.2) is 0 Å². The van der Waals surface area contributed by atoms with E-state index >= 15 is 0 Å². The molecule has 1 aromatic carbocycles. The summed E-state index contributed by atoms with van der Waals surface area (Å²) in [6.07, 6.45) is 6.42. The van der Waals surface area contributed by atoms with Crippen molar-refractivity contribution in [3.8, 4) is 5.75 Å². The second-order valence-corrected chi connectivity index (χ2v) is 11.4. The summed E-state index contributed by atoms with van der Waals surface area (Å²) in [6, 6.07) is 10.4. The number of aliphatic hydroxyl groups is 2. The van der Waals surface area contributed by atoms with E-state index in [4.69, 9.17) is 4.74 Å². The quantitative estimate of drug-likeness (QED) is 0.497. The van der Waals surface area contributed by atoms with Crippen molar-refractivity contribution in [2.75, 3.05) is 0 Å². The van der Waals surface area contributed by atoms with Gasteiger partial charge in [0, 0.05) is 34.4 Å². The maximum Gasteiger partial charge on any atom is 0.144 e. The molecule has 2 N–H and O–H groups in total. The molecule has 6 heteroatoms. The Hall–Kier alpha value is -2.28. The first-order valence-electron chi connectivity index (χ1n) is 12.2. The number of hydrogen-bond donors (Lipinski definition) is 2. The Morgan fingerprint density at radius 1 is 1.18 bits per heavy atom. The molecule has 5 atom stereocenters. The van der Waals surface area contributed by atoms with Crippen LogP contribution in [0.5, 0.6) is 5.75 Å². The number of nitrogens with zero attached hydrogens (tertiary/aromatic N) is 2. The van der Waals surface area contributed by atoms with E-state index in [9.17, 15) is 10.2 Å². The summed E-state index contributed by atoms with van der Waals surface area (Å²) >= 11 is 1.43. The summed E-state index contributed by atoms with van der Waals surface area (Å²) in [7, 11) is 0. The van der Waals surface area contributed by atoms with Crippen molar-refractivity contribution in [2.45, 2.75) is 82.5 Å². The highest BCUT2D eigenvalue weighted by Gasteiger charge is 2.62. The summed E-state index contributed by atoms with van der Waals surface area (Å²) in [5.74, 6) is 1.46. The van der Waals surface area contributed by atoms with Crippen molar-refractivity contribution >= 4 is 11.3 Å². The molecule has 0 spiro atoms. The lowest BCUT2D eigenvalue weighted by Gasteiger charge is -2.59. The van der Waals surface area contributed by atoms with Gasteiger partial charge in [-0.1, -0.05) is 26.0 Å². The van der Waals surface area contributed by atoms with Crippen LogP contribution in [0.25, 0.3) is 0 Å². The molecule has 2 aromatic heterocycles. The third kappa shape index (κ3) is 3.58. The van der Waals surface area contributed by atoms with E-state index in [1.165, 1.54) is 22.5 Å². The minimum Gasteiger partial charge on any atom is -0.489 e. The van der Waals surface area contributed by atoms with Crippen LogP contribution < -0.4 is 4.74 Å². The molecule has 5 rings (SSSR count). The number of rotatable bonds is 5. The molecule has 4 unspecified atom stereocenters. The zero-order chi connectivity index (χ0) is 24.1. The number of pyridine rings is 1. The number of ether oxygens (including phenoxy) is 1. The number of thiazole rings is 1. The number of aromatic nitrogens is 2. The highest BCUT2D eigenvalue weighted by atomic mass is 32.1. The first-order chi connectivity index (χ1) is 16.2. The lowest BCUT2D eigenvalue weighted by molar-refractivity contribution is -0.205. The van der Waals surface area contributed by atoms with E-state index in [1.807, 2.05) is 24.4 Å². The smallest absolute Gasteiger partial charge is 0.144 e. The Morgan fingerprint density at radius 2 is 2.00 bits per heavy atom. The van der Waals surface area contributed by atoms with Crippen molar-refractivity contribution < 1.29 is 14.9 Å². The second kappa shape index (κ2) is 8.43. The van der Waals surface area contributed by atoms with Gasteiger partial charge in [-0.2, -0.15) is 0 Å². The third-order valence-electron chi connectivity index (χ3n) is 8.53. The summed E-state index contributed by atoms with van der Waals surface area (Å²) < 4.78 is 6.18. The highest BCUT2D eigenvalue weighted by molar-refractivity contribution is 7.09. The largest absolute Gasteiger partial charge is 0.489 e. The topological polar surface area (TPSA) is 75.5 Å². The van der Waals surface area contributed by atoms with Gasteiger partial charge in [0.2, 0.25) is 0 Å². The lowest BCUT2D eigenvalue weighted by atomic mass is 9.48. The van der Waals surface area contributed by atoms with Crippen LogP contribution in [0.1, 0.15) is 79.8 Å². The van der Waals surface area contributed by atoms with Crippen LogP contribution in [0.2, 0.25) is 0 Å². The molecule has 180 valence electrons. The maximum atomic E-state index is 11.8. The monoisotopic (exact) mass is 478 g/mol. The normalized spacial score (nSPS) is 32.6. The fourth-order valence-electron chi connectivity index (χ4n) is 6.53. The fourth-order valence-corrected chi connectivity index (χ4v) is 7.40. The van der Waals surface area contributed by atoms with E-state index in [0.29, 0.717) is 30.4 Å². The molecule has 2 aliphatic carbocycles. The highest BCUT2D eigenvalue weighted by Crippen LogP contribution is 2.62. The zero-order valence-corrected chi connectivity index (χ0v) is 21.2. The summed E-state index contributed by atoms with van der Waals surface area (Å²) in [4.78, 5) is 8.76. The molecule has 0 radical (unpaired) electrons. The molecule has 1 fully saturated rings. The molecule has 3 aromatic rings. The molecule has 1 saturated carbocycles. The molecule has 0 saturated heterocycles. The van der Waals surface area contributed by atoms with Crippen molar-refractivity contribution in [1.82, 2.24) is 9.97 Å². The van der Waals surface area contributed by atoms with E-state index in [2.05, 4.69) is 42.0 Å². The number of benzene rings is 1. The van der Waals surface area contributed by atoms with Gasteiger partial charge in [0.1, 0.15) is 23.0 Å². The Labute approximate surface area is 205 Å². The van der Waals surface area contributed by atoms with Gasteiger partial charge in [-0.15, -0.1) is 11.3 Å². The Morgan fingerprint density at radius 3 is 2.71 bits per heavy atom. The van der Waals surface area contributed by atoms with Crippen LogP contribution in [0.3, 0.4) is 0 Å². The van der Waals surface area contributed by atoms with Crippen LogP contribution in [0.4, 0.5) is 0 Å². The van der Waals surface area contributed by atoms with Crippen LogP contribution >= 0.6 is 11.3 Å². The Kier molecular flexibility index (Phi) is 5.82. The van der Waals surface area contributed by atoms with Gasteiger partial charge < -0.3 is 14.9 Å². The number of aryl methyl sites for hydroxylation is 1. The number of hydrogen-bond acceptors (Lipinski definition) is 6.